The second-order valence-electron chi connectivity index (χ2n) is 2.47. The van der Waals surface area contributed by atoms with Crippen LogP contribution in [0.15, 0.2) is 18.3 Å². The zero-order valence-electron chi connectivity index (χ0n) is 6.53. The molecule has 2 N–H and O–H groups in total. The lowest BCUT2D eigenvalue weighted by Crippen LogP contribution is -2.01. The Morgan fingerprint density at radius 2 is 2.42 bits per heavy atom. The summed E-state index contributed by atoms with van der Waals surface area (Å²) < 4.78 is 1.14. The smallest absolute Gasteiger partial charge is 0.170 e. The molecule has 0 fully saturated rings. The summed E-state index contributed by atoms with van der Waals surface area (Å²) in [6.45, 7) is 0.653. The average molecular weight is 179 g/mol. The molecule has 0 radical (unpaired) electrons. The average Bonchev–Trinajstić information content (AvgIpc) is 2.47. The SMILES string of the molecule is NCCc1nc2ncccc2s1. The van der Waals surface area contributed by atoms with E-state index in [-0.39, 0.29) is 0 Å². The van der Waals surface area contributed by atoms with E-state index in [1.54, 1.807) is 17.5 Å². The zero-order valence-corrected chi connectivity index (χ0v) is 7.34. The third-order valence-electron chi connectivity index (χ3n) is 1.57. The summed E-state index contributed by atoms with van der Waals surface area (Å²) in [6.07, 6.45) is 2.61. The first kappa shape index (κ1) is 7.64. The van der Waals surface area contributed by atoms with Crippen molar-refractivity contribution >= 4 is 21.7 Å². The van der Waals surface area contributed by atoms with Gasteiger partial charge in [0.2, 0.25) is 0 Å². The molecule has 12 heavy (non-hydrogen) atoms. The topological polar surface area (TPSA) is 51.8 Å². The van der Waals surface area contributed by atoms with E-state index in [4.69, 9.17) is 5.73 Å². The number of pyridine rings is 1. The van der Waals surface area contributed by atoms with E-state index in [0.29, 0.717) is 6.54 Å². The quantitative estimate of drug-likeness (QED) is 0.753. The second kappa shape index (κ2) is 3.16. The van der Waals surface area contributed by atoms with Crippen molar-refractivity contribution in [3.05, 3.63) is 23.3 Å². The van der Waals surface area contributed by atoms with Gasteiger partial charge in [-0.15, -0.1) is 11.3 Å². The van der Waals surface area contributed by atoms with Gasteiger partial charge in [-0.1, -0.05) is 0 Å². The molecule has 0 aliphatic rings. The molecule has 2 aromatic rings. The van der Waals surface area contributed by atoms with Crippen LogP contribution in [-0.4, -0.2) is 16.5 Å². The number of hydrogen-bond donors (Lipinski definition) is 1. The first-order valence-electron chi connectivity index (χ1n) is 3.80. The molecule has 0 aliphatic carbocycles. The molecule has 2 aromatic heterocycles. The summed E-state index contributed by atoms with van der Waals surface area (Å²) in [4.78, 5) is 8.47. The Hall–Kier alpha value is -1.000. The van der Waals surface area contributed by atoms with Crippen molar-refractivity contribution in [2.45, 2.75) is 6.42 Å². The molecular weight excluding hydrogens is 170 g/mol. The number of hydrogen-bond acceptors (Lipinski definition) is 4. The van der Waals surface area contributed by atoms with Crippen molar-refractivity contribution in [3.63, 3.8) is 0 Å². The first-order valence-corrected chi connectivity index (χ1v) is 4.62. The van der Waals surface area contributed by atoms with E-state index >= 15 is 0 Å². The molecule has 0 spiro atoms. The van der Waals surface area contributed by atoms with E-state index in [9.17, 15) is 0 Å². The number of aromatic nitrogens is 2. The zero-order chi connectivity index (χ0) is 8.39. The highest BCUT2D eigenvalue weighted by molar-refractivity contribution is 7.18. The van der Waals surface area contributed by atoms with Gasteiger partial charge in [0, 0.05) is 12.6 Å². The molecule has 3 nitrogen and oxygen atoms in total. The van der Waals surface area contributed by atoms with Crippen molar-refractivity contribution in [1.29, 1.82) is 0 Å². The van der Waals surface area contributed by atoms with Crippen molar-refractivity contribution in [3.8, 4) is 0 Å². The van der Waals surface area contributed by atoms with Gasteiger partial charge >= 0.3 is 0 Å². The molecule has 0 aliphatic heterocycles. The number of fused-ring (bicyclic) bond motifs is 1. The van der Waals surface area contributed by atoms with Crippen LogP contribution in [0, 0.1) is 0 Å². The van der Waals surface area contributed by atoms with Gasteiger partial charge in [-0.05, 0) is 18.7 Å². The van der Waals surface area contributed by atoms with Gasteiger partial charge in [-0.3, -0.25) is 0 Å². The molecule has 0 amide bonds. The fourth-order valence-corrected chi connectivity index (χ4v) is 1.99. The first-order chi connectivity index (χ1) is 5.90. The van der Waals surface area contributed by atoms with Gasteiger partial charge in [0.25, 0.3) is 0 Å². The van der Waals surface area contributed by atoms with Crippen molar-refractivity contribution < 1.29 is 0 Å². The van der Waals surface area contributed by atoms with E-state index in [0.717, 1.165) is 21.8 Å². The highest BCUT2D eigenvalue weighted by Crippen LogP contribution is 2.19. The monoisotopic (exact) mass is 179 g/mol. The van der Waals surface area contributed by atoms with Gasteiger partial charge in [-0.2, -0.15) is 0 Å². The maximum Gasteiger partial charge on any atom is 0.170 e. The fourth-order valence-electron chi connectivity index (χ4n) is 1.04. The number of rotatable bonds is 2. The summed E-state index contributed by atoms with van der Waals surface area (Å²) in [5.41, 5.74) is 6.27. The van der Waals surface area contributed by atoms with Crippen LogP contribution in [0.3, 0.4) is 0 Å². The summed E-state index contributed by atoms with van der Waals surface area (Å²) in [5.74, 6) is 0. The Balaban J connectivity index is 2.47. The van der Waals surface area contributed by atoms with E-state index in [1.807, 2.05) is 12.1 Å². The Labute approximate surface area is 74.3 Å². The van der Waals surface area contributed by atoms with Crippen LogP contribution < -0.4 is 5.73 Å². The molecule has 2 rings (SSSR count). The normalized spacial score (nSPS) is 10.8. The Kier molecular flexibility index (Phi) is 2.01. The summed E-state index contributed by atoms with van der Waals surface area (Å²) in [7, 11) is 0. The summed E-state index contributed by atoms with van der Waals surface area (Å²) in [6, 6.07) is 3.95. The van der Waals surface area contributed by atoms with Crippen LogP contribution in [-0.2, 0) is 6.42 Å². The molecular formula is C8H9N3S. The molecule has 4 heteroatoms. The molecule has 0 saturated heterocycles. The standard InChI is InChI=1S/C8H9N3S/c9-4-3-7-11-8-6(12-7)2-1-5-10-8/h1-2,5H,3-4,9H2. The van der Waals surface area contributed by atoms with Gasteiger partial charge < -0.3 is 5.73 Å². The van der Waals surface area contributed by atoms with E-state index < -0.39 is 0 Å². The lowest BCUT2D eigenvalue weighted by Gasteiger charge is -1.85. The minimum absolute atomic E-state index is 0.653. The van der Waals surface area contributed by atoms with E-state index in [2.05, 4.69) is 9.97 Å². The number of nitrogens with zero attached hydrogens (tertiary/aromatic N) is 2. The third kappa shape index (κ3) is 1.31. The molecule has 0 atom stereocenters. The van der Waals surface area contributed by atoms with Crippen LogP contribution in [0.5, 0.6) is 0 Å². The van der Waals surface area contributed by atoms with Gasteiger partial charge in [0.15, 0.2) is 5.65 Å². The highest BCUT2D eigenvalue weighted by Gasteiger charge is 2.01. The maximum absolute atomic E-state index is 5.43. The number of thiazole rings is 1. The summed E-state index contributed by atoms with van der Waals surface area (Å²) in [5, 5.41) is 1.08. The largest absolute Gasteiger partial charge is 0.330 e. The second-order valence-corrected chi connectivity index (χ2v) is 3.59. The molecule has 62 valence electrons. The predicted octanol–water partition coefficient (Wildman–Crippen LogP) is 1.19. The van der Waals surface area contributed by atoms with Crippen LogP contribution in [0.2, 0.25) is 0 Å². The van der Waals surface area contributed by atoms with Gasteiger partial charge in [-0.25, -0.2) is 9.97 Å². The Bertz CT molecular complexity index is 349. The van der Waals surface area contributed by atoms with Crippen molar-refractivity contribution in [2.24, 2.45) is 5.73 Å². The van der Waals surface area contributed by atoms with Crippen molar-refractivity contribution in [2.75, 3.05) is 6.54 Å². The molecule has 0 saturated carbocycles. The van der Waals surface area contributed by atoms with Crippen LogP contribution >= 0.6 is 11.3 Å². The third-order valence-corrected chi connectivity index (χ3v) is 2.64. The molecule has 0 unspecified atom stereocenters. The molecule has 0 aromatic carbocycles. The van der Waals surface area contributed by atoms with Crippen LogP contribution in [0.4, 0.5) is 0 Å². The van der Waals surface area contributed by atoms with Crippen LogP contribution in [0.25, 0.3) is 10.3 Å². The Morgan fingerprint density at radius 1 is 1.50 bits per heavy atom. The van der Waals surface area contributed by atoms with E-state index in [1.165, 1.54) is 0 Å². The molecule has 2 heterocycles. The summed E-state index contributed by atoms with van der Waals surface area (Å²) >= 11 is 1.67. The van der Waals surface area contributed by atoms with Gasteiger partial charge in [0.1, 0.15) is 0 Å². The minimum atomic E-state index is 0.653. The number of nitrogens with two attached hydrogens (primary N) is 1. The highest BCUT2D eigenvalue weighted by atomic mass is 32.1. The fraction of sp³-hybridized carbons (Fsp3) is 0.250. The lowest BCUT2D eigenvalue weighted by molar-refractivity contribution is 0.955. The maximum atomic E-state index is 5.43. The van der Waals surface area contributed by atoms with Crippen molar-refractivity contribution in [1.82, 2.24) is 9.97 Å². The molecule has 0 bridgehead atoms. The minimum Gasteiger partial charge on any atom is -0.330 e. The lowest BCUT2D eigenvalue weighted by atomic mass is 10.4. The Morgan fingerprint density at radius 3 is 3.17 bits per heavy atom. The van der Waals surface area contributed by atoms with Gasteiger partial charge in [0.05, 0.1) is 9.71 Å². The van der Waals surface area contributed by atoms with Crippen LogP contribution in [0.1, 0.15) is 5.01 Å². The predicted molar refractivity (Wildman–Crippen MR) is 50.2 cm³/mol.